The Morgan fingerprint density at radius 2 is 1.87 bits per heavy atom. The average Bonchev–Trinajstić information content (AvgIpc) is 2.13. The lowest BCUT2D eigenvalue weighted by Crippen LogP contribution is -2.23. The first-order chi connectivity index (χ1) is 6.99. The molecule has 0 aromatic rings. The van der Waals surface area contributed by atoms with Crippen LogP contribution in [0.15, 0.2) is 0 Å². The summed E-state index contributed by atoms with van der Waals surface area (Å²) in [5.74, 6) is -4.28. The van der Waals surface area contributed by atoms with Crippen LogP contribution in [-0.2, 0) is 18.9 Å². The molecule has 0 aromatic heterocycles. The molecule has 7 heteroatoms. The third kappa shape index (κ3) is 6.14. The number of aliphatic carboxylic acids is 2. The first-order valence-electron chi connectivity index (χ1n) is 4.44. The Morgan fingerprint density at radius 1 is 1.33 bits per heavy atom. The summed E-state index contributed by atoms with van der Waals surface area (Å²) in [6.07, 6.45) is -0.0245. The molecule has 6 nitrogen and oxygen atoms in total. The fourth-order valence-corrected chi connectivity index (χ4v) is 1.94. The monoisotopic (exact) mass is 237 g/mol. The molecule has 1 unspecified atom stereocenters. The summed E-state index contributed by atoms with van der Waals surface area (Å²) in [4.78, 5) is 20.9. The van der Waals surface area contributed by atoms with Gasteiger partial charge in [-0.25, -0.2) is 0 Å². The van der Waals surface area contributed by atoms with Gasteiger partial charge in [0, 0.05) is 13.0 Å². The van der Waals surface area contributed by atoms with Crippen LogP contribution >= 0.6 is 7.80 Å². The van der Waals surface area contributed by atoms with Gasteiger partial charge in [0.15, 0.2) is 5.92 Å². The minimum absolute atomic E-state index is 0.0534. The Kier molecular flexibility index (Phi) is 6.83. The molecule has 2 N–H and O–H groups in total. The van der Waals surface area contributed by atoms with Crippen molar-refractivity contribution >= 4 is 19.7 Å². The van der Waals surface area contributed by atoms with Gasteiger partial charge in [0.25, 0.3) is 0 Å². The fraction of sp³-hybridized carbons (Fsp3) is 0.750. The van der Waals surface area contributed by atoms with E-state index in [2.05, 4.69) is 0 Å². The lowest BCUT2D eigenvalue weighted by Gasteiger charge is -2.02. The van der Waals surface area contributed by atoms with E-state index in [1.54, 1.807) is 6.92 Å². The third-order valence-corrected chi connectivity index (χ3v) is 2.93. The number of hydrogen-bond donors (Lipinski definition) is 2. The molecule has 0 heterocycles. The van der Waals surface area contributed by atoms with Crippen molar-refractivity contribution in [2.24, 2.45) is 5.92 Å². The van der Waals surface area contributed by atoms with Gasteiger partial charge < -0.3 is 14.9 Å². The summed E-state index contributed by atoms with van der Waals surface area (Å²) in [5.41, 5.74) is 0. The molecule has 0 aromatic carbocycles. The fourth-order valence-electron chi connectivity index (χ4n) is 0.883. The van der Waals surface area contributed by atoms with Crippen molar-refractivity contribution in [3.05, 3.63) is 0 Å². The molecule has 0 spiro atoms. The van der Waals surface area contributed by atoms with E-state index < -0.39 is 25.7 Å². The zero-order valence-electron chi connectivity index (χ0n) is 8.38. The maximum Gasteiger partial charge on any atom is 0.366 e. The van der Waals surface area contributed by atoms with Crippen LogP contribution in [0.1, 0.15) is 13.3 Å². The van der Waals surface area contributed by atoms with E-state index >= 15 is 0 Å². The molecule has 0 aliphatic rings. The summed E-state index contributed by atoms with van der Waals surface area (Å²) in [7, 11) is -1.67. The van der Waals surface area contributed by atoms with Gasteiger partial charge in [0.1, 0.15) is 6.16 Å². The highest BCUT2D eigenvalue weighted by molar-refractivity contribution is 7.44. The average molecular weight is 237 g/mol. The summed E-state index contributed by atoms with van der Waals surface area (Å²) in [6, 6.07) is 0. The van der Waals surface area contributed by atoms with E-state index in [9.17, 15) is 14.2 Å². The Hall–Kier alpha value is -1.00. The van der Waals surface area contributed by atoms with Gasteiger partial charge in [0.05, 0.1) is 0 Å². The van der Waals surface area contributed by atoms with E-state index in [1.807, 2.05) is 0 Å². The van der Waals surface area contributed by atoms with E-state index in [-0.39, 0.29) is 18.9 Å². The highest BCUT2D eigenvalue weighted by Crippen LogP contribution is 2.23. The molecule has 0 amide bonds. The van der Waals surface area contributed by atoms with Gasteiger partial charge in [-0.05, 0) is 6.92 Å². The summed E-state index contributed by atoms with van der Waals surface area (Å²) in [6.45, 7) is 2.18. The Bertz CT molecular complexity index is 238. The second kappa shape index (κ2) is 7.31. The Balaban J connectivity index is 3.95. The molecule has 1 atom stereocenters. The van der Waals surface area contributed by atoms with Crippen molar-refractivity contribution < 1.29 is 29.1 Å². The molecule has 0 fully saturated rings. The van der Waals surface area contributed by atoms with Gasteiger partial charge in [0.2, 0.25) is 6.35 Å². The standard InChI is InChI=1S/C8H13O6P/c1-2-14-5-15(13)4-3-6(7(9)10)8(11)12/h6H,2-5H2,1H3,(H-,9,10,11,12)/p+1. The molecular formula is C8H14O6P+. The van der Waals surface area contributed by atoms with E-state index in [0.717, 1.165) is 0 Å². The van der Waals surface area contributed by atoms with E-state index in [4.69, 9.17) is 14.9 Å². The maximum absolute atomic E-state index is 11.2. The third-order valence-electron chi connectivity index (χ3n) is 1.70. The zero-order valence-corrected chi connectivity index (χ0v) is 9.27. The van der Waals surface area contributed by atoms with Crippen LogP contribution in [0.5, 0.6) is 0 Å². The van der Waals surface area contributed by atoms with Gasteiger partial charge >= 0.3 is 19.7 Å². The normalized spacial score (nSPS) is 11.5. The van der Waals surface area contributed by atoms with E-state index in [0.29, 0.717) is 6.61 Å². The number of hydrogen-bond acceptors (Lipinski definition) is 4. The summed E-state index contributed by atoms with van der Waals surface area (Å²) < 4.78 is 16.1. The van der Waals surface area contributed by atoms with Crippen molar-refractivity contribution in [3.8, 4) is 0 Å². The highest BCUT2D eigenvalue weighted by atomic mass is 31.1. The van der Waals surface area contributed by atoms with Gasteiger partial charge in [-0.2, -0.15) is 0 Å². The van der Waals surface area contributed by atoms with Gasteiger partial charge in [-0.3, -0.25) is 9.59 Å². The molecule has 86 valence electrons. The van der Waals surface area contributed by atoms with E-state index in [1.165, 1.54) is 0 Å². The molecular weight excluding hydrogens is 223 g/mol. The predicted octanol–water partition coefficient (Wildman–Crippen LogP) is 0.983. The first-order valence-corrected chi connectivity index (χ1v) is 6.07. The van der Waals surface area contributed by atoms with Crippen LogP contribution in [0.25, 0.3) is 0 Å². The van der Waals surface area contributed by atoms with Crippen molar-refractivity contribution in [2.75, 3.05) is 19.1 Å². The molecule has 0 radical (unpaired) electrons. The second-order valence-corrected chi connectivity index (χ2v) is 4.51. The van der Waals surface area contributed by atoms with Crippen LogP contribution in [0.3, 0.4) is 0 Å². The highest BCUT2D eigenvalue weighted by Gasteiger charge is 2.29. The number of carboxylic acid groups (broad SMARTS) is 2. The summed E-state index contributed by atoms with van der Waals surface area (Å²) in [5, 5.41) is 17.1. The summed E-state index contributed by atoms with van der Waals surface area (Å²) >= 11 is 0. The zero-order chi connectivity index (χ0) is 11.8. The minimum atomic E-state index is -1.67. The lowest BCUT2D eigenvalue weighted by atomic mass is 10.1. The van der Waals surface area contributed by atoms with Crippen molar-refractivity contribution in [3.63, 3.8) is 0 Å². The molecule has 15 heavy (non-hydrogen) atoms. The predicted molar refractivity (Wildman–Crippen MR) is 52.3 cm³/mol. The van der Waals surface area contributed by atoms with Crippen LogP contribution in [-0.4, -0.2) is 41.3 Å². The van der Waals surface area contributed by atoms with Crippen LogP contribution in [0.2, 0.25) is 0 Å². The smallest absolute Gasteiger partial charge is 0.366 e. The molecule has 0 aliphatic carbocycles. The lowest BCUT2D eigenvalue weighted by molar-refractivity contribution is -0.154. The Labute approximate surface area is 88.0 Å². The number of carboxylic acids is 2. The van der Waals surface area contributed by atoms with Crippen molar-refractivity contribution in [1.82, 2.24) is 0 Å². The molecule has 0 saturated carbocycles. The first kappa shape index (κ1) is 14.0. The van der Waals surface area contributed by atoms with Crippen molar-refractivity contribution in [1.29, 1.82) is 0 Å². The minimum Gasteiger partial charge on any atom is -0.481 e. The van der Waals surface area contributed by atoms with Gasteiger partial charge in [-0.1, -0.05) is 4.57 Å². The quantitative estimate of drug-likeness (QED) is 0.482. The Morgan fingerprint density at radius 3 is 2.27 bits per heavy atom. The second-order valence-electron chi connectivity index (χ2n) is 2.85. The van der Waals surface area contributed by atoms with Crippen molar-refractivity contribution in [2.45, 2.75) is 13.3 Å². The molecule has 0 saturated heterocycles. The van der Waals surface area contributed by atoms with Gasteiger partial charge in [-0.15, -0.1) is 0 Å². The van der Waals surface area contributed by atoms with Crippen LogP contribution in [0, 0.1) is 5.92 Å². The number of ether oxygens (including phenoxy) is 1. The van der Waals surface area contributed by atoms with Crippen LogP contribution in [0.4, 0.5) is 0 Å². The SMILES string of the molecule is CCOC[P+](=O)CCC(C(=O)O)C(=O)O. The molecule has 0 bridgehead atoms. The molecule has 0 rings (SSSR count). The maximum atomic E-state index is 11.2. The topological polar surface area (TPSA) is 101 Å². The number of rotatable bonds is 8. The van der Waals surface area contributed by atoms with Crippen LogP contribution < -0.4 is 0 Å². The molecule has 0 aliphatic heterocycles. The largest absolute Gasteiger partial charge is 0.481 e. The number of carbonyl (C=O) groups is 2.